The number of nitrogens with zero attached hydrogens (tertiary/aromatic N) is 2. The number of rotatable bonds is 5. The van der Waals surface area contributed by atoms with Gasteiger partial charge in [0.2, 0.25) is 5.89 Å². The van der Waals surface area contributed by atoms with Crippen molar-refractivity contribution in [2.24, 2.45) is 5.73 Å². The lowest BCUT2D eigenvalue weighted by Gasteiger charge is -2.21. The third-order valence-corrected chi connectivity index (χ3v) is 2.95. The molecular formula is C12H21N3O3. The van der Waals surface area contributed by atoms with Crippen molar-refractivity contribution >= 4 is 0 Å². The van der Waals surface area contributed by atoms with Crippen molar-refractivity contribution < 1.29 is 14.0 Å². The molecule has 0 bridgehead atoms. The minimum Gasteiger partial charge on any atom is -0.381 e. The van der Waals surface area contributed by atoms with E-state index in [-0.39, 0.29) is 12.0 Å². The lowest BCUT2D eigenvalue weighted by atomic mass is 10.0. The summed E-state index contributed by atoms with van der Waals surface area (Å²) in [5.74, 6) is 1.31. The molecule has 2 unspecified atom stereocenters. The number of ether oxygens (including phenoxy) is 2. The smallest absolute Gasteiger partial charge is 0.232 e. The van der Waals surface area contributed by atoms with Crippen LogP contribution in [0, 0.1) is 0 Å². The Morgan fingerprint density at radius 2 is 2.33 bits per heavy atom. The van der Waals surface area contributed by atoms with E-state index in [0.29, 0.717) is 24.9 Å². The molecule has 0 radical (unpaired) electrons. The van der Waals surface area contributed by atoms with Crippen molar-refractivity contribution in [1.82, 2.24) is 10.1 Å². The third kappa shape index (κ3) is 3.07. The number of hydrogen-bond acceptors (Lipinski definition) is 6. The first-order valence-corrected chi connectivity index (χ1v) is 6.31. The standard InChI is InChI=1S/C12H21N3O3/c1-8(2)17-7-12(3,13)11-14-10(18-15-11)9-4-5-16-6-9/h8-9H,4-7,13H2,1-3H3. The van der Waals surface area contributed by atoms with Gasteiger partial charge in [-0.05, 0) is 27.2 Å². The maximum atomic E-state index is 6.16. The molecule has 0 amide bonds. The maximum absolute atomic E-state index is 6.16. The molecule has 2 N–H and O–H groups in total. The van der Waals surface area contributed by atoms with Crippen LogP contribution in [0.25, 0.3) is 0 Å². The van der Waals surface area contributed by atoms with E-state index in [2.05, 4.69) is 10.1 Å². The number of nitrogens with two attached hydrogens (primary N) is 1. The summed E-state index contributed by atoms with van der Waals surface area (Å²) in [6.45, 7) is 7.53. The first kappa shape index (κ1) is 13.5. The quantitative estimate of drug-likeness (QED) is 0.850. The van der Waals surface area contributed by atoms with Crippen LogP contribution in [0.4, 0.5) is 0 Å². The van der Waals surface area contributed by atoms with Crippen LogP contribution < -0.4 is 5.73 Å². The first-order chi connectivity index (χ1) is 8.49. The predicted octanol–water partition coefficient (Wildman–Crippen LogP) is 1.17. The Kier molecular flexibility index (Phi) is 3.99. The maximum Gasteiger partial charge on any atom is 0.232 e. The highest BCUT2D eigenvalue weighted by Crippen LogP contribution is 2.25. The van der Waals surface area contributed by atoms with Crippen molar-refractivity contribution in [1.29, 1.82) is 0 Å². The fourth-order valence-electron chi connectivity index (χ4n) is 1.77. The van der Waals surface area contributed by atoms with Gasteiger partial charge in [-0.2, -0.15) is 4.98 Å². The Hall–Kier alpha value is -0.980. The average molecular weight is 255 g/mol. The van der Waals surface area contributed by atoms with Gasteiger partial charge in [0.1, 0.15) is 5.54 Å². The van der Waals surface area contributed by atoms with Crippen molar-refractivity contribution in [2.45, 2.75) is 44.8 Å². The van der Waals surface area contributed by atoms with E-state index in [4.69, 9.17) is 19.7 Å². The van der Waals surface area contributed by atoms with Crippen LogP contribution in [-0.4, -0.2) is 36.1 Å². The zero-order chi connectivity index (χ0) is 13.2. The topological polar surface area (TPSA) is 83.4 Å². The van der Waals surface area contributed by atoms with Gasteiger partial charge in [0.05, 0.1) is 25.2 Å². The molecule has 1 saturated heterocycles. The van der Waals surface area contributed by atoms with Crippen LogP contribution in [0.15, 0.2) is 4.52 Å². The summed E-state index contributed by atoms with van der Waals surface area (Å²) < 4.78 is 16.1. The Morgan fingerprint density at radius 1 is 1.56 bits per heavy atom. The minimum atomic E-state index is -0.731. The molecule has 1 aromatic rings. The monoisotopic (exact) mass is 255 g/mol. The lowest BCUT2D eigenvalue weighted by molar-refractivity contribution is 0.0410. The second kappa shape index (κ2) is 5.34. The second-order valence-electron chi connectivity index (χ2n) is 5.29. The molecule has 0 aromatic carbocycles. The first-order valence-electron chi connectivity index (χ1n) is 6.31. The van der Waals surface area contributed by atoms with E-state index in [1.807, 2.05) is 20.8 Å². The molecule has 102 valence electrons. The van der Waals surface area contributed by atoms with Crippen LogP contribution in [0.3, 0.4) is 0 Å². The minimum absolute atomic E-state index is 0.127. The van der Waals surface area contributed by atoms with Crippen molar-refractivity contribution in [3.63, 3.8) is 0 Å². The fraction of sp³-hybridized carbons (Fsp3) is 0.833. The lowest BCUT2D eigenvalue weighted by Crippen LogP contribution is -2.40. The molecule has 6 nitrogen and oxygen atoms in total. The van der Waals surface area contributed by atoms with Gasteiger partial charge in [0.15, 0.2) is 5.82 Å². The Morgan fingerprint density at radius 3 is 2.94 bits per heavy atom. The molecule has 2 rings (SSSR count). The number of aromatic nitrogens is 2. The molecule has 18 heavy (non-hydrogen) atoms. The summed E-state index contributed by atoms with van der Waals surface area (Å²) in [7, 11) is 0. The summed E-state index contributed by atoms with van der Waals surface area (Å²) in [4.78, 5) is 4.38. The highest BCUT2D eigenvalue weighted by molar-refractivity contribution is 5.04. The van der Waals surface area contributed by atoms with Crippen LogP contribution in [-0.2, 0) is 15.0 Å². The summed E-state index contributed by atoms with van der Waals surface area (Å²) in [6.07, 6.45) is 1.05. The van der Waals surface area contributed by atoms with E-state index < -0.39 is 5.54 Å². The van der Waals surface area contributed by atoms with Crippen molar-refractivity contribution in [2.75, 3.05) is 19.8 Å². The molecule has 1 aliphatic rings. The largest absolute Gasteiger partial charge is 0.381 e. The highest BCUT2D eigenvalue weighted by atomic mass is 16.5. The van der Waals surface area contributed by atoms with Gasteiger partial charge < -0.3 is 19.7 Å². The van der Waals surface area contributed by atoms with E-state index in [9.17, 15) is 0 Å². The molecule has 0 spiro atoms. The molecular weight excluding hydrogens is 234 g/mol. The molecule has 2 heterocycles. The molecule has 1 fully saturated rings. The van der Waals surface area contributed by atoms with Gasteiger partial charge in [-0.25, -0.2) is 0 Å². The Balaban J connectivity index is 2.03. The van der Waals surface area contributed by atoms with Gasteiger partial charge in [0, 0.05) is 6.61 Å². The van der Waals surface area contributed by atoms with Gasteiger partial charge in [-0.1, -0.05) is 5.16 Å². The van der Waals surface area contributed by atoms with Crippen LogP contribution in [0.2, 0.25) is 0 Å². The van der Waals surface area contributed by atoms with Crippen LogP contribution in [0.5, 0.6) is 0 Å². The Labute approximate surface area is 107 Å². The summed E-state index contributed by atoms with van der Waals surface area (Å²) in [5, 5.41) is 3.96. The molecule has 0 saturated carbocycles. The normalized spacial score (nSPS) is 23.5. The zero-order valence-corrected chi connectivity index (χ0v) is 11.2. The van der Waals surface area contributed by atoms with Crippen LogP contribution in [0.1, 0.15) is 44.8 Å². The van der Waals surface area contributed by atoms with Crippen molar-refractivity contribution in [3.05, 3.63) is 11.7 Å². The molecule has 1 aromatic heterocycles. The Bertz CT molecular complexity index is 384. The summed E-state index contributed by atoms with van der Waals surface area (Å²) >= 11 is 0. The third-order valence-electron chi connectivity index (χ3n) is 2.95. The van der Waals surface area contributed by atoms with Gasteiger partial charge in [-0.3, -0.25) is 0 Å². The van der Waals surface area contributed by atoms with E-state index >= 15 is 0 Å². The molecule has 1 aliphatic heterocycles. The van der Waals surface area contributed by atoms with Gasteiger partial charge >= 0.3 is 0 Å². The van der Waals surface area contributed by atoms with E-state index in [0.717, 1.165) is 13.0 Å². The molecule has 0 aliphatic carbocycles. The second-order valence-corrected chi connectivity index (χ2v) is 5.29. The van der Waals surface area contributed by atoms with E-state index in [1.54, 1.807) is 0 Å². The SMILES string of the molecule is CC(C)OCC(C)(N)c1noc(C2CCOC2)n1. The summed E-state index contributed by atoms with van der Waals surface area (Å²) in [5.41, 5.74) is 5.43. The highest BCUT2D eigenvalue weighted by Gasteiger charge is 2.31. The van der Waals surface area contributed by atoms with Gasteiger partial charge in [-0.15, -0.1) is 0 Å². The molecule has 6 heteroatoms. The molecule has 2 atom stereocenters. The fourth-order valence-corrected chi connectivity index (χ4v) is 1.77. The zero-order valence-electron chi connectivity index (χ0n) is 11.2. The van der Waals surface area contributed by atoms with Crippen LogP contribution >= 0.6 is 0 Å². The average Bonchev–Trinajstić information content (AvgIpc) is 2.96. The van der Waals surface area contributed by atoms with Crippen molar-refractivity contribution in [3.8, 4) is 0 Å². The van der Waals surface area contributed by atoms with E-state index in [1.165, 1.54) is 0 Å². The summed E-state index contributed by atoms with van der Waals surface area (Å²) in [6, 6.07) is 0. The number of hydrogen-bond donors (Lipinski definition) is 1. The predicted molar refractivity (Wildman–Crippen MR) is 65.1 cm³/mol. The van der Waals surface area contributed by atoms with Gasteiger partial charge in [0.25, 0.3) is 0 Å².